The molecule has 2 nitrogen and oxygen atoms in total. The van der Waals surface area contributed by atoms with E-state index in [4.69, 9.17) is 11.2 Å². The highest BCUT2D eigenvalue weighted by molar-refractivity contribution is 5.13. The molecule has 0 saturated heterocycles. The minimum Gasteiger partial charge on any atom is -0.391 e. The topological polar surface area (TPSA) is 29.5 Å². The van der Waals surface area contributed by atoms with Crippen LogP contribution >= 0.6 is 0 Å². The molecule has 1 N–H and O–H groups in total. The molecule has 1 rings (SSSR count). The molecule has 17 heavy (non-hydrogen) atoms. The number of aliphatic hydroxyl groups excluding tert-OH is 1. The van der Waals surface area contributed by atoms with Crippen LogP contribution in [0.3, 0.4) is 0 Å². The highest BCUT2D eigenvalue weighted by Gasteiger charge is 2.19. The maximum atomic E-state index is 9.86. The number of ether oxygens (including phenoxy) is 1. The maximum absolute atomic E-state index is 9.86. The van der Waals surface area contributed by atoms with Crippen molar-refractivity contribution in [3.05, 3.63) is 35.9 Å². The second-order valence-electron chi connectivity index (χ2n) is 4.42. The summed E-state index contributed by atoms with van der Waals surface area (Å²) >= 11 is 0. The minimum absolute atomic E-state index is 0.0461. The summed E-state index contributed by atoms with van der Waals surface area (Å²) in [6.45, 7) is 4.88. The number of aliphatic hydroxyl groups is 1. The standard InChI is InChI=1S/C15H20O2/c1-4-12(2)15(16)13(3)10-17-11-14-8-6-5-7-9-14/h1,5-9,12-13,15-16H,10-11H2,2-3H3/t12-,13-,15+/m0/s1. The molecule has 0 bridgehead atoms. The van der Waals surface area contributed by atoms with E-state index >= 15 is 0 Å². The van der Waals surface area contributed by atoms with Gasteiger partial charge in [0.1, 0.15) is 0 Å². The molecule has 0 radical (unpaired) electrons. The summed E-state index contributed by atoms with van der Waals surface area (Å²) in [5.74, 6) is 2.46. The number of hydrogen-bond acceptors (Lipinski definition) is 2. The van der Waals surface area contributed by atoms with Crippen LogP contribution in [0.4, 0.5) is 0 Å². The van der Waals surface area contributed by atoms with Crippen LogP contribution in [0.5, 0.6) is 0 Å². The highest BCUT2D eigenvalue weighted by atomic mass is 16.5. The Morgan fingerprint density at radius 1 is 1.29 bits per heavy atom. The number of hydrogen-bond donors (Lipinski definition) is 1. The van der Waals surface area contributed by atoms with Crippen molar-refractivity contribution in [3.8, 4) is 12.3 Å². The Labute approximate surface area is 104 Å². The normalized spacial score (nSPS) is 15.9. The molecule has 1 aromatic carbocycles. The van der Waals surface area contributed by atoms with E-state index in [0.717, 1.165) is 5.56 Å². The lowest BCUT2D eigenvalue weighted by Gasteiger charge is -2.21. The molecule has 0 aliphatic rings. The van der Waals surface area contributed by atoms with Gasteiger partial charge in [0.2, 0.25) is 0 Å². The fourth-order valence-corrected chi connectivity index (χ4v) is 1.63. The van der Waals surface area contributed by atoms with Crippen LogP contribution in [0.15, 0.2) is 30.3 Å². The van der Waals surface area contributed by atoms with Crippen LogP contribution in [0.25, 0.3) is 0 Å². The number of benzene rings is 1. The lowest BCUT2D eigenvalue weighted by atomic mass is 9.95. The van der Waals surface area contributed by atoms with E-state index in [1.165, 1.54) is 0 Å². The summed E-state index contributed by atoms with van der Waals surface area (Å²) in [5, 5.41) is 9.86. The summed E-state index contributed by atoms with van der Waals surface area (Å²) in [7, 11) is 0. The van der Waals surface area contributed by atoms with Crippen LogP contribution in [0.2, 0.25) is 0 Å². The Balaban J connectivity index is 2.30. The Bertz CT molecular complexity index is 353. The molecule has 0 heterocycles. The zero-order valence-corrected chi connectivity index (χ0v) is 10.5. The average Bonchev–Trinajstić information content (AvgIpc) is 2.38. The fraction of sp³-hybridized carbons (Fsp3) is 0.467. The van der Waals surface area contributed by atoms with Crippen molar-refractivity contribution in [2.45, 2.75) is 26.6 Å². The van der Waals surface area contributed by atoms with Gasteiger partial charge >= 0.3 is 0 Å². The zero-order chi connectivity index (χ0) is 12.7. The first kappa shape index (κ1) is 13.8. The van der Waals surface area contributed by atoms with E-state index in [9.17, 15) is 5.11 Å². The maximum Gasteiger partial charge on any atom is 0.0722 e. The van der Waals surface area contributed by atoms with Crippen LogP contribution in [-0.2, 0) is 11.3 Å². The SMILES string of the molecule is C#C[C@H](C)[C@@H](O)[C@@H](C)COCc1ccccc1. The van der Waals surface area contributed by atoms with Gasteiger partial charge in [0.05, 0.1) is 19.3 Å². The number of rotatable bonds is 6. The molecule has 0 aliphatic heterocycles. The van der Waals surface area contributed by atoms with Crippen molar-refractivity contribution in [1.29, 1.82) is 0 Å². The first-order valence-electron chi connectivity index (χ1n) is 5.91. The molecule has 1 aromatic rings. The van der Waals surface area contributed by atoms with Gasteiger partial charge in [-0.05, 0) is 12.5 Å². The number of terminal acetylenes is 1. The molecule has 3 atom stereocenters. The molecule has 0 aromatic heterocycles. The van der Waals surface area contributed by atoms with Crippen molar-refractivity contribution < 1.29 is 9.84 Å². The van der Waals surface area contributed by atoms with Crippen LogP contribution in [0.1, 0.15) is 19.4 Å². The third-order valence-electron chi connectivity index (χ3n) is 2.85. The lowest BCUT2D eigenvalue weighted by Crippen LogP contribution is -2.28. The Hall–Kier alpha value is -1.30. The summed E-state index contributed by atoms with van der Waals surface area (Å²) in [4.78, 5) is 0. The zero-order valence-electron chi connectivity index (χ0n) is 10.5. The van der Waals surface area contributed by atoms with E-state index in [0.29, 0.717) is 13.2 Å². The summed E-state index contributed by atoms with van der Waals surface area (Å²) in [5.41, 5.74) is 1.14. The van der Waals surface area contributed by atoms with Crippen LogP contribution in [-0.4, -0.2) is 17.8 Å². The van der Waals surface area contributed by atoms with Gasteiger partial charge in [-0.2, -0.15) is 0 Å². The monoisotopic (exact) mass is 232 g/mol. The molecule has 0 fully saturated rings. The van der Waals surface area contributed by atoms with E-state index in [1.807, 2.05) is 44.2 Å². The van der Waals surface area contributed by atoms with Gasteiger partial charge in [-0.3, -0.25) is 0 Å². The summed E-state index contributed by atoms with van der Waals surface area (Å²) < 4.78 is 5.57. The summed E-state index contributed by atoms with van der Waals surface area (Å²) in [6.07, 6.45) is 4.78. The van der Waals surface area contributed by atoms with Crippen molar-refractivity contribution in [3.63, 3.8) is 0 Å². The van der Waals surface area contributed by atoms with E-state index in [2.05, 4.69) is 5.92 Å². The van der Waals surface area contributed by atoms with Crippen molar-refractivity contribution in [1.82, 2.24) is 0 Å². The first-order valence-corrected chi connectivity index (χ1v) is 5.91. The van der Waals surface area contributed by atoms with Gasteiger partial charge in [-0.15, -0.1) is 12.3 Å². The Morgan fingerprint density at radius 3 is 2.53 bits per heavy atom. The lowest BCUT2D eigenvalue weighted by molar-refractivity contribution is 0.0150. The van der Waals surface area contributed by atoms with Crippen molar-refractivity contribution >= 4 is 0 Å². The van der Waals surface area contributed by atoms with E-state index in [-0.39, 0.29) is 11.8 Å². The molecule has 0 aliphatic carbocycles. The summed E-state index contributed by atoms with van der Waals surface area (Å²) in [6, 6.07) is 9.98. The first-order chi connectivity index (χ1) is 8.15. The third-order valence-corrected chi connectivity index (χ3v) is 2.85. The van der Waals surface area contributed by atoms with Gasteiger partial charge in [-0.25, -0.2) is 0 Å². The minimum atomic E-state index is -0.504. The third kappa shape index (κ3) is 4.60. The second kappa shape index (κ2) is 7.11. The molecule has 2 heteroatoms. The Kier molecular flexibility index (Phi) is 5.76. The molecule has 0 unspecified atom stereocenters. The van der Waals surface area contributed by atoms with Gasteiger partial charge in [0.15, 0.2) is 0 Å². The molecular weight excluding hydrogens is 212 g/mol. The molecule has 0 saturated carbocycles. The van der Waals surface area contributed by atoms with Crippen molar-refractivity contribution in [2.75, 3.05) is 6.61 Å². The van der Waals surface area contributed by atoms with E-state index in [1.54, 1.807) is 0 Å². The van der Waals surface area contributed by atoms with E-state index < -0.39 is 6.10 Å². The molecule has 0 amide bonds. The Morgan fingerprint density at radius 2 is 1.94 bits per heavy atom. The largest absolute Gasteiger partial charge is 0.391 e. The van der Waals surface area contributed by atoms with Gasteiger partial charge in [-0.1, -0.05) is 37.3 Å². The smallest absolute Gasteiger partial charge is 0.0722 e. The van der Waals surface area contributed by atoms with Gasteiger partial charge in [0, 0.05) is 11.8 Å². The predicted octanol–water partition coefficient (Wildman–Crippen LogP) is 2.47. The van der Waals surface area contributed by atoms with Crippen LogP contribution < -0.4 is 0 Å². The molecule has 92 valence electrons. The average molecular weight is 232 g/mol. The quantitative estimate of drug-likeness (QED) is 0.763. The van der Waals surface area contributed by atoms with Gasteiger partial charge < -0.3 is 9.84 Å². The molecule has 0 spiro atoms. The van der Waals surface area contributed by atoms with Gasteiger partial charge in [0.25, 0.3) is 0 Å². The molecular formula is C15H20O2. The highest BCUT2D eigenvalue weighted by Crippen LogP contribution is 2.13. The van der Waals surface area contributed by atoms with Crippen molar-refractivity contribution in [2.24, 2.45) is 11.8 Å². The predicted molar refractivity (Wildman–Crippen MR) is 69.3 cm³/mol. The fourth-order valence-electron chi connectivity index (χ4n) is 1.63. The van der Waals surface area contributed by atoms with Crippen LogP contribution in [0, 0.1) is 24.2 Å². The second-order valence-corrected chi connectivity index (χ2v) is 4.42.